The van der Waals surface area contributed by atoms with Gasteiger partial charge in [-0.15, -0.1) is 0 Å². The second kappa shape index (κ2) is 6.26. The van der Waals surface area contributed by atoms with Crippen molar-refractivity contribution in [3.8, 4) is 22.8 Å². The van der Waals surface area contributed by atoms with Crippen LogP contribution in [0.3, 0.4) is 0 Å². The van der Waals surface area contributed by atoms with E-state index in [-0.39, 0.29) is 5.97 Å². The average Bonchev–Trinajstić information content (AvgIpc) is 3.06. The molecular formula is C18H15NO3. The van der Waals surface area contributed by atoms with Crippen LogP contribution < -0.4 is 0 Å². The Bertz CT molecular complexity index is 778. The van der Waals surface area contributed by atoms with Crippen molar-refractivity contribution in [1.29, 1.82) is 0 Å². The molecule has 22 heavy (non-hydrogen) atoms. The third-order valence-corrected chi connectivity index (χ3v) is 3.22. The molecule has 0 saturated carbocycles. The van der Waals surface area contributed by atoms with Gasteiger partial charge in [0.1, 0.15) is 0 Å². The van der Waals surface area contributed by atoms with Crippen LogP contribution in [-0.4, -0.2) is 17.6 Å². The second-order valence-electron chi connectivity index (χ2n) is 4.66. The first kappa shape index (κ1) is 14.1. The Kier molecular flexibility index (Phi) is 4.01. The van der Waals surface area contributed by atoms with Gasteiger partial charge in [0.15, 0.2) is 5.76 Å². The Morgan fingerprint density at radius 1 is 1.09 bits per heavy atom. The summed E-state index contributed by atoms with van der Waals surface area (Å²) in [6.45, 7) is 2.10. The van der Waals surface area contributed by atoms with E-state index in [4.69, 9.17) is 9.15 Å². The maximum atomic E-state index is 12.0. The van der Waals surface area contributed by atoms with Crippen molar-refractivity contribution in [2.24, 2.45) is 0 Å². The van der Waals surface area contributed by atoms with Gasteiger partial charge in [0, 0.05) is 5.56 Å². The van der Waals surface area contributed by atoms with Crippen molar-refractivity contribution in [2.75, 3.05) is 6.61 Å². The molecule has 4 heteroatoms. The number of benzene rings is 2. The number of ether oxygens (including phenoxy) is 1. The molecule has 1 aromatic heterocycles. The lowest BCUT2D eigenvalue weighted by molar-refractivity contribution is 0.0527. The first-order chi connectivity index (χ1) is 10.8. The van der Waals surface area contributed by atoms with Gasteiger partial charge in [-0.05, 0) is 19.1 Å². The van der Waals surface area contributed by atoms with Gasteiger partial charge in [-0.25, -0.2) is 9.78 Å². The Hall–Kier alpha value is -2.88. The quantitative estimate of drug-likeness (QED) is 0.677. The van der Waals surface area contributed by atoms with Crippen LogP contribution in [-0.2, 0) is 4.74 Å². The zero-order chi connectivity index (χ0) is 15.4. The van der Waals surface area contributed by atoms with Crippen molar-refractivity contribution < 1.29 is 13.9 Å². The molecule has 0 fully saturated rings. The lowest BCUT2D eigenvalue weighted by atomic mass is 10.1. The van der Waals surface area contributed by atoms with E-state index < -0.39 is 0 Å². The first-order valence-corrected chi connectivity index (χ1v) is 7.07. The van der Waals surface area contributed by atoms with E-state index >= 15 is 0 Å². The summed E-state index contributed by atoms with van der Waals surface area (Å²) < 4.78 is 10.9. The maximum Gasteiger partial charge on any atom is 0.338 e. The summed E-state index contributed by atoms with van der Waals surface area (Å²) in [4.78, 5) is 16.3. The van der Waals surface area contributed by atoms with E-state index in [1.165, 1.54) is 0 Å². The molecule has 2 aromatic carbocycles. The van der Waals surface area contributed by atoms with Crippen LogP contribution in [0.2, 0.25) is 0 Å². The molecule has 3 rings (SSSR count). The molecule has 0 N–H and O–H groups in total. The van der Waals surface area contributed by atoms with Crippen molar-refractivity contribution in [1.82, 2.24) is 4.98 Å². The Labute approximate surface area is 128 Å². The van der Waals surface area contributed by atoms with Gasteiger partial charge in [0.2, 0.25) is 5.89 Å². The molecule has 0 aliphatic heterocycles. The molecule has 0 amide bonds. The Morgan fingerprint density at radius 2 is 1.82 bits per heavy atom. The Morgan fingerprint density at radius 3 is 2.59 bits per heavy atom. The molecule has 0 spiro atoms. The fourth-order valence-electron chi connectivity index (χ4n) is 2.19. The molecule has 0 radical (unpaired) electrons. The molecule has 1 heterocycles. The minimum Gasteiger partial charge on any atom is -0.462 e. The summed E-state index contributed by atoms with van der Waals surface area (Å²) in [5.74, 6) is 0.689. The number of nitrogens with zero attached hydrogens (tertiary/aromatic N) is 1. The fourth-order valence-corrected chi connectivity index (χ4v) is 2.19. The van der Waals surface area contributed by atoms with Gasteiger partial charge in [0.05, 0.1) is 23.9 Å². The largest absolute Gasteiger partial charge is 0.462 e. The van der Waals surface area contributed by atoms with Crippen LogP contribution in [0.5, 0.6) is 0 Å². The summed E-state index contributed by atoms with van der Waals surface area (Å²) >= 11 is 0. The van der Waals surface area contributed by atoms with Gasteiger partial charge in [-0.3, -0.25) is 0 Å². The third-order valence-electron chi connectivity index (χ3n) is 3.22. The van der Waals surface area contributed by atoms with Crippen molar-refractivity contribution in [3.63, 3.8) is 0 Å². The molecule has 0 aliphatic carbocycles. The number of aromatic nitrogens is 1. The molecular weight excluding hydrogens is 278 g/mol. The van der Waals surface area contributed by atoms with Gasteiger partial charge >= 0.3 is 5.97 Å². The van der Waals surface area contributed by atoms with Gasteiger partial charge in [-0.1, -0.05) is 42.5 Å². The third kappa shape index (κ3) is 2.76. The number of hydrogen-bond acceptors (Lipinski definition) is 4. The van der Waals surface area contributed by atoms with Gasteiger partial charge < -0.3 is 9.15 Å². The highest BCUT2D eigenvalue weighted by Gasteiger charge is 2.17. The summed E-state index contributed by atoms with van der Waals surface area (Å²) in [5, 5.41) is 0. The zero-order valence-corrected chi connectivity index (χ0v) is 12.2. The van der Waals surface area contributed by atoms with Gasteiger partial charge in [-0.2, -0.15) is 0 Å². The van der Waals surface area contributed by atoms with E-state index in [9.17, 15) is 4.79 Å². The number of oxazole rings is 1. The summed E-state index contributed by atoms with van der Waals surface area (Å²) in [5.41, 5.74) is 2.02. The van der Waals surface area contributed by atoms with Crippen LogP contribution in [0.15, 0.2) is 65.2 Å². The molecule has 3 aromatic rings. The van der Waals surface area contributed by atoms with E-state index in [2.05, 4.69) is 4.98 Å². The van der Waals surface area contributed by atoms with E-state index in [1.807, 2.05) is 36.4 Å². The zero-order valence-electron chi connectivity index (χ0n) is 12.2. The highest BCUT2D eigenvalue weighted by atomic mass is 16.5. The smallest absolute Gasteiger partial charge is 0.338 e. The number of hydrogen-bond donors (Lipinski definition) is 0. The topological polar surface area (TPSA) is 52.3 Å². The fraction of sp³-hybridized carbons (Fsp3) is 0.111. The van der Waals surface area contributed by atoms with E-state index in [0.717, 1.165) is 5.56 Å². The molecule has 0 saturated heterocycles. The molecule has 110 valence electrons. The minimum absolute atomic E-state index is 0.327. The highest BCUT2D eigenvalue weighted by molar-refractivity contribution is 5.96. The minimum atomic E-state index is -0.377. The van der Waals surface area contributed by atoms with Crippen molar-refractivity contribution in [2.45, 2.75) is 6.92 Å². The van der Waals surface area contributed by atoms with Crippen LogP contribution in [0, 0.1) is 0 Å². The van der Waals surface area contributed by atoms with Crippen LogP contribution in [0.1, 0.15) is 17.3 Å². The molecule has 0 aliphatic rings. The molecule has 0 atom stereocenters. The maximum absolute atomic E-state index is 12.0. The second-order valence-corrected chi connectivity index (χ2v) is 4.66. The highest BCUT2D eigenvalue weighted by Crippen LogP contribution is 2.28. The number of esters is 1. The number of carbonyl (C=O) groups excluding carboxylic acids is 1. The Balaban J connectivity index is 1.99. The standard InChI is InChI=1S/C18H15NO3/c1-2-21-18(20)15-11-7-6-10-14(15)17-19-12-16(22-17)13-8-4-3-5-9-13/h3-12H,2H2,1H3. The van der Waals surface area contributed by atoms with Crippen molar-refractivity contribution >= 4 is 5.97 Å². The summed E-state index contributed by atoms with van der Waals surface area (Å²) in [6.07, 6.45) is 1.66. The van der Waals surface area contributed by atoms with Crippen molar-refractivity contribution in [3.05, 3.63) is 66.4 Å². The van der Waals surface area contributed by atoms with E-state index in [0.29, 0.717) is 29.4 Å². The lowest BCUT2D eigenvalue weighted by Crippen LogP contribution is -2.06. The molecule has 0 unspecified atom stereocenters. The van der Waals surface area contributed by atoms with Gasteiger partial charge in [0.25, 0.3) is 0 Å². The summed E-state index contributed by atoms with van der Waals surface area (Å²) in [7, 11) is 0. The van der Waals surface area contributed by atoms with Crippen LogP contribution in [0.25, 0.3) is 22.8 Å². The SMILES string of the molecule is CCOC(=O)c1ccccc1-c1ncc(-c2ccccc2)o1. The van der Waals surface area contributed by atoms with Crippen LogP contribution >= 0.6 is 0 Å². The lowest BCUT2D eigenvalue weighted by Gasteiger charge is -2.05. The normalized spacial score (nSPS) is 10.4. The molecule has 0 bridgehead atoms. The van der Waals surface area contributed by atoms with E-state index in [1.54, 1.807) is 31.3 Å². The average molecular weight is 293 g/mol. The first-order valence-electron chi connectivity index (χ1n) is 7.07. The number of rotatable bonds is 4. The number of carbonyl (C=O) groups is 1. The molecule has 4 nitrogen and oxygen atoms in total. The monoisotopic (exact) mass is 293 g/mol. The predicted octanol–water partition coefficient (Wildman–Crippen LogP) is 4.19. The van der Waals surface area contributed by atoms with Crippen LogP contribution in [0.4, 0.5) is 0 Å². The summed E-state index contributed by atoms with van der Waals surface area (Å²) in [6, 6.07) is 16.8. The predicted molar refractivity (Wildman–Crippen MR) is 83.3 cm³/mol.